The van der Waals surface area contributed by atoms with Gasteiger partial charge in [0, 0.05) is 25.3 Å². The topological polar surface area (TPSA) is 55.4 Å². The minimum absolute atomic E-state index is 0.0900. The molecule has 0 aromatic carbocycles. The molecule has 18 heavy (non-hydrogen) atoms. The normalized spacial score (nSPS) is 18.9. The number of carbonyl (C=O) groups excluding carboxylic acids is 2. The summed E-state index contributed by atoms with van der Waals surface area (Å²) < 4.78 is 30.1. The maximum absolute atomic E-state index is 12.6. The van der Waals surface area contributed by atoms with Gasteiger partial charge in [-0.15, -0.1) is 0 Å². The smallest absolute Gasteiger partial charge is 0.313 e. The standard InChI is InChI=1S/C12H19F2NO3/c1-4-18-10(17)11(2,3)7-15-9(16)8-5-12(13,14)6-8/h8H,4-7H2,1-3H3,(H,15,16). The molecule has 0 unspecified atom stereocenters. The molecule has 0 bridgehead atoms. The molecule has 0 heterocycles. The first-order chi connectivity index (χ1) is 8.18. The minimum Gasteiger partial charge on any atom is -0.466 e. The van der Waals surface area contributed by atoms with Crippen molar-refractivity contribution in [2.75, 3.05) is 13.2 Å². The number of esters is 1. The van der Waals surface area contributed by atoms with Gasteiger partial charge in [-0.05, 0) is 20.8 Å². The molecule has 0 radical (unpaired) electrons. The summed E-state index contributed by atoms with van der Waals surface area (Å²) >= 11 is 0. The van der Waals surface area contributed by atoms with Crippen LogP contribution in [0.1, 0.15) is 33.6 Å². The molecule has 1 aliphatic rings. The fourth-order valence-corrected chi connectivity index (χ4v) is 1.70. The Balaban J connectivity index is 2.36. The van der Waals surface area contributed by atoms with Crippen molar-refractivity contribution >= 4 is 11.9 Å². The summed E-state index contributed by atoms with van der Waals surface area (Å²) in [6.45, 7) is 5.34. The van der Waals surface area contributed by atoms with Crippen LogP contribution in [0.5, 0.6) is 0 Å². The zero-order valence-electron chi connectivity index (χ0n) is 10.9. The molecule has 1 N–H and O–H groups in total. The van der Waals surface area contributed by atoms with Crippen LogP contribution in [0.4, 0.5) is 8.78 Å². The van der Waals surface area contributed by atoms with Crippen LogP contribution in [0.2, 0.25) is 0 Å². The SMILES string of the molecule is CCOC(=O)C(C)(C)CNC(=O)C1CC(F)(F)C1. The van der Waals surface area contributed by atoms with Gasteiger partial charge < -0.3 is 10.1 Å². The van der Waals surface area contributed by atoms with E-state index in [0.717, 1.165) is 0 Å². The zero-order valence-corrected chi connectivity index (χ0v) is 10.9. The van der Waals surface area contributed by atoms with Gasteiger partial charge in [-0.1, -0.05) is 0 Å². The Kier molecular flexibility index (Phi) is 4.29. The Labute approximate surface area is 105 Å². The van der Waals surface area contributed by atoms with Crippen LogP contribution in [-0.4, -0.2) is 31.0 Å². The molecule has 1 rings (SSSR count). The highest BCUT2D eigenvalue weighted by Gasteiger charge is 2.48. The molecule has 0 spiro atoms. The second-order valence-electron chi connectivity index (χ2n) is 5.28. The van der Waals surface area contributed by atoms with Crippen LogP contribution < -0.4 is 5.32 Å². The van der Waals surface area contributed by atoms with Gasteiger partial charge in [0.05, 0.1) is 12.0 Å². The number of rotatable bonds is 5. The lowest BCUT2D eigenvalue weighted by molar-refractivity contribution is -0.155. The van der Waals surface area contributed by atoms with Crippen molar-refractivity contribution in [3.8, 4) is 0 Å². The Morgan fingerprint density at radius 2 is 1.94 bits per heavy atom. The number of nitrogens with one attached hydrogen (secondary N) is 1. The number of carbonyl (C=O) groups is 2. The fourth-order valence-electron chi connectivity index (χ4n) is 1.70. The molecule has 0 atom stereocenters. The van der Waals surface area contributed by atoms with E-state index in [4.69, 9.17) is 4.74 Å². The summed E-state index contributed by atoms with van der Waals surface area (Å²) in [4.78, 5) is 23.1. The fraction of sp³-hybridized carbons (Fsp3) is 0.833. The predicted octanol–water partition coefficient (Wildman–Crippen LogP) is 1.74. The average Bonchev–Trinajstić information content (AvgIpc) is 2.23. The van der Waals surface area contributed by atoms with E-state index >= 15 is 0 Å². The highest BCUT2D eigenvalue weighted by molar-refractivity contribution is 5.81. The summed E-state index contributed by atoms with van der Waals surface area (Å²) in [5.74, 6) is -4.18. The predicted molar refractivity (Wildman–Crippen MR) is 61.1 cm³/mol. The number of alkyl halides is 2. The maximum Gasteiger partial charge on any atom is 0.313 e. The van der Waals surface area contributed by atoms with Gasteiger partial charge in [0.15, 0.2) is 0 Å². The van der Waals surface area contributed by atoms with E-state index in [-0.39, 0.29) is 13.2 Å². The van der Waals surface area contributed by atoms with E-state index in [2.05, 4.69) is 5.32 Å². The Hall–Kier alpha value is -1.20. The van der Waals surface area contributed by atoms with E-state index in [1.807, 2.05) is 0 Å². The second-order valence-corrected chi connectivity index (χ2v) is 5.28. The van der Waals surface area contributed by atoms with Gasteiger partial charge in [-0.2, -0.15) is 0 Å². The number of ether oxygens (including phenoxy) is 1. The van der Waals surface area contributed by atoms with Crippen molar-refractivity contribution in [1.82, 2.24) is 5.32 Å². The van der Waals surface area contributed by atoms with Crippen LogP contribution >= 0.6 is 0 Å². The molecule has 0 aromatic rings. The third kappa shape index (κ3) is 3.65. The van der Waals surface area contributed by atoms with Crippen molar-refractivity contribution in [3.05, 3.63) is 0 Å². The van der Waals surface area contributed by atoms with Crippen molar-refractivity contribution in [2.24, 2.45) is 11.3 Å². The van der Waals surface area contributed by atoms with Crippen LogP contribution in [0, 0.1) is 11.3 Å². The highest BCUT2D eigenvalue weighted by Crippen LogP contribution is 2.42. The molecule has 1 amide bonds. The van der Waals surface area contributed by atoms with Gasteiger partial charge in [-0.3, -0.25) is 9.59 Å². The van der Waals surface area contributed by atoms with E-state index in [0.29, 0.717) is 0 Å². The molecular formula is C12H19F2NO3. The largest absolute Gasteiger partial charge is 0.466 e. The van der Waals surface area contributed by atoms with E-state index in [1.165, 1.54) is 0 Å². The van der Waals surface area contributed by atoms with Crippen molar-refractivity contribution in [2.45, 2.75) is 39.5 Å². The molecule has 0 aliphatic heterocycles. The van der Waals surface area contributed by atoms with Crippen molar-refractivity contribution in [1.29, 1.82) is 0 Å². The van der Waals surface area contributed by atoms with Crippen LogP contribution in [0.15, 0.2) is 0 Å². The van der Waals surface area contributed by atoms with Crippen molar-refractivity contribution < 1.29 is 23.1 Å². The summed E-state index contributed by atoms with van der Waals surface area (Å²) in [5.41, 5.74) is -0.849. The summed E-state index contributed by atoms with van der Waals surface area (Å²) in [5, 5.41) is 2.53. The first-order valence-electron chi connectivity index (χ1n) is 6.01. The molecule has 4 nitrogen and oxygen atoms in total. The van der Waals surface area contributed by atoms with Gasteiger partial charge in [0.25, 0.3) is 0 Å². The van der Waals surface area contributed by atoms with E-state index in [1.54, 1.807) is 20.8 Å². The molecule has 104 valence electrons. The average molecular weight is 263 g/mol. The van der Waals surface area contributed by atoms with E-state index < -0.39 is 42.0 Å². The van der Waals surface area contributed by atoms with Gasteiger partial charge >= 0.3 is 5.97 Å². The van der Waals surface area contributed by atoms with Crippen LogP contribution in [0.25, 0.3) is 0 Å². The lowest BCUT2D eigenvalue weighted by Crippen LogP contribution is -2.48. The summed E-state index contributed by atoms with van der Waals surface area (Å²) in [6.07, 6.45) is -0.808. The maximum atomic E-state index is 12.6. The third-order valence-corrected chi connectivity index (χ3v) is 2.99. The molecule has 1 aliphatic carbocycles. The number of amides is 1. The van der Waals surface area contributed by atoms with Gasteiger partial charge in [0.1, 0.15) is 0 Å². The van der Waals surface area contributed by atoms with E-state index in [9.17, 15) is 18.4 Å². The lowest BCUT2D eigenvalue weighted by Gasteiger charge is -2.34. The monoisotopic (exact) mass is 263 g/mol. The molecule has 1 fully saturated rings. The quantitative estimate of drug-likeness (QED) is 0.769. The highest BCUT2D eigenvalue weighted by atomic mass is 19.3. The van der Waals surface area contributed by atoms with Gasteiger partial charge in [0.2, 0.25) is 11.8 Å². The molecule has 6 heteroatoms. The van der Waals surface area contributed by atoms with Crippen molar-refractivity contribution in [3.63, 3.8) is 0 Å². The Morgan fingerprint density at radius 1 is 1.39 bits per heavy atom. The zero-order chi connectivity index (χ0) is 14.0. The summed E-state index contributed by atoms with van der Waals surface area (Å²) in [6, 6.07) is 0. The Morgan fingerprint density at radius 3 is 2.39 bits per heavy atom. The molecule has 0 saturated heterocycles. The van der Waals surface area contributed by atoms with Crippen LogP contribution in [-0.2, 0) is 14.3 Å². The molecular weight excluding hydrogens is 244 g/mol. The van der Waals surface area contributed by atoms with Gasteiger partial charge in [-0.25, -0.2) is 8.78 Å². The first kappa shape index (κ1) is 14.9. The minimum atomic E-state index is -2.71. The second kappa shape index (κ2) is 5.20. The summed E-state index contributed by atoms with van der Waals surface area (Å²) in [7, 11) is 0. The lowest BCUT2D eigenvalue weighted by atomic mass is 9.80. The number of halogens is 2. The third-order valence-electron chi connectivity index (χ3n) is 2.99. The Bertz CT molecular complexity index is 334. The first-order valence-corrected chi connectivity index (χ1v) is 6.01. The molecule has 1 saturated carbocycles. The molecule has 0 aromatic heterocycles. The number of hydrogen-bond acceptors (Lipinski definition) is 3. The van der Waals surface area contributed by atoms with Crippen LogP contribution in [0.3, 0.4) is 0 Å². The number of hydrogen-bond donors (Lipinski definition) is 1.